The lowest BCUT2D eigenvalue weighted by Gasteiger charge is -2.09. The molecule has 90 valence electrons. The number of nitrogens with one attached hydrogen (secondary N) is 1. The van der Waals surface area contributed by atoms with Gasteiger partial charge in [-0.15, -0.1) is 12.3 Å². The van der Waals surface area contributed by atoms with E-state index in [1.807, 2.05) is 0 Å². The Kier molecular flexibility index (Phi) is 6.67. The van der Waals surface area contributed by atoms with Crippen molar-refractivity contribution in [2.45, 2.75) is 51.0 Å². The third-order valence-electron chi connectivity index (χ3n) is 2.79. The van der Waals surface area contributed by atoms with Crippen LogP contribution in [0.2, 0.25) is 0 Å². The summed E-state index contributed by atoms with van der Waals surface area (Å²) in [6.45, 7) is 1.60. The van der Waals surface area contributed by atoms with E-state index in [1.54, 1.807) is 0 Å². The highest BCUT2D eigenvalue weighted by Gasteiger charge is 2.16. The third-order valence-corrected chi connectivity index (χ3v) is 2.79. The molecule has 0 saturated carbocycles. The predicted molar refractivity (Wildman–Crippen MR) is 63.9 cm³/mol. The number of ether oxygens (including phenoxy) is 1. The molecule has 1 heterocycles. The van der Waals surface area contributed by atoms with E-state index in [-0.39, 0.29) is 5.91 Å². The van der Waals surface area contributed by atoms with Crippen molar-refractivity contribution in [3.05, 3.63) is 0 Å². The normalized spacial score (nSPS) is 19.3. The molecule has 0 aromatic rings. The maximum Gasteiger partial charge on any atom is 0.220 e. The summed E-state index contributed by atoms with van der Waals surface area (Å²) in [6.07, 6.45) is 11.9. The largest absolute Gasteiger partial charge is 0.378 e. The van der Waals surface area contributed by atoms with Gasteiger partial charge in [0.1, 0.15) is 0 Å². The molecule has 1 atom stereocenters. The first-order chi connectivity index (χ1) is 7.83. The lowest BCUT2D eigenvalue weighted by atomic mass is 10.1. The zero-order valence-corrected chi connectivity index (χ0v) is 9.84. The van der Waals surface area contributed by atoms with Crippen LogP contribution in [0.1, 0.15) is 44.9 Å². The van der Waals surface area contributed by atoms with Gasteiger partial charge in [-0.2, -0.15) is 0 Å². The van der Waals surface area contributed by atoms with Crippen LogP contribution in [0.25, 0.3) is 0 Å². The second-order valence-electron chi connectivity index (χ2n) is 4.18. The Morgan fingerprint density at radius 3 is 3.06 bits per heavy atom. The second kappa shape index (κ2) is 8.18. The predicted octanol–water partition coefficient (Wildman–Crippen LogP) is 1.87. The first kappa shape index (κ1) is 13.1. The fourth-order valence-corrected chi connectivity index (χ4v) is 1.83. The van der Waals surface area contributed by atoms with Crippen LogP contribution in [-0.4, -0.2) is 25.2 Å². The number of carbonyl (C=O) groups excluding carboxylic acids is 1. The van der Waals surface area contributed by atoms with Crippen molar-refractivity contribution < 1.29 is 9.53 Å². The molecule has 0 aromatic carbocycles. The van der Waals surface area contributed by atoms with Gasteiger partial charge in [0, 0.05) is 26.0 Å². The molecule has 0 spiro atoms. The molecule has 0 aliphatic carbocycles. The van der Waals surface area contributed by atoms with E-state index in [2.05, 4.69) is 11.2 Å². The highest BCUT2D eigenvalue weighted by Crippen LogP contribution is 2.16. The van der Waals surface area contributed by atoms with Gasteiger partial charge in [-0.25, -0.2) is 0 Å². The molecule has 1 amide bonds. The fraction of sp³-hybridized carbons (Fsp3) is 0.769. The topological polar surface area (TPSA) is 38.3 Å². The van der Waals surface area contributed by atoms with Crippen LogP contribution in [0, 0.1) is 12.3 Å². The Morgan fingerprint density at radius 2 is 2.38 bits per heavy atom. The van der Waals surface area contributed by atoms with Gasteiger partial charge in [-0.05, 0) is 32.1 Å². The second-order valence-corrected chi connectivity index (χ2v) is 4.18. The van der Waals surface area contributed by atoms with Gasteiger partial charge in [0.15, 0.2) is 0 Å². The van der Waals surface area contributed by atoms with Crippen LogP contribution in [0.4, 0.5) is 0 Å². The van der Waals surface area contributed by atoms with Crippen LogP contribution in [0.3, 0.4) is 0 Å². The summed E-state index contributed by atoms with van der Waals surface area (Å²) in [6, 6.07) is 0. The zero-order chi connectivity index (χ0) is 11.6. The van der Waals surface area contributed by atoms with E-state index in [1.165, 1.54) is 0 Å². The molecule has 0 radical (unpaired) electrons. The first-order valence-corrected chi connectivity index (χ1v) is 6.14. The molecule has 1 saturated heterocycles. The fourth-order valence-electron chi connectivity index (χ4n) is 1.83. The highest BCUT2D eigenvalue weighted by atomic mass is 16.5. The highest BCUT2D eigenvalue weighted by molar-refractivity contribution is 5.75. The number of amides is 1. The van der Waals surface area contributed by atoms with Crippen molar-refractivity contribution in [1.82, 2.24) is 5.32 Å². The Labute approximate surface area is 97.9 Å². The summed E-state index contributed by atoms with van der Waals surface area (Å²) >= 11 is 0. The molecular weight excluding hydrogens is 202 g/mol. The summed E-state index contributed by atoms with van der Waals surface area (Å²) < 4.78 is 5.46. The molecule has 0 bridgehead atoms. The third kappa shape index (κ3) is 5.77. The first-order valence-electron chi connectivity index (χ1n) is 6.14. The molecule has 16 heavy (non-hydrogen) atoms. The molecule has 0 aromatic heterocycles. The average Bonchev–Trinajstić information content (AvgIpc) is 2.79. The van der Waals surface area contributed by atoms with Crippen molar-refractivity contribution in [3.8, 4) is 12.3 Å². The van der Waals surface area contributed by atoms with Gasteiger partial charge >= 0.3 is 0 Å². The molecule has 1 aliphatic rings. The average molecular weight is 223 g/mol. The van der Waals surface area contributed by atoms with Gasteiger partial charge in [0.05, 0.1) is 6.10 Å². The van der Waals surface area contributed by atoms with E-state index in [9.17, 15) is 4.79 Å². The van der Waals surface area contributed by atoms with E-state index >= 15 is 0 Å². The van der Waals surface area contributed by atoms with Crippen molar-refractivity contribution >= 4 is 5.91 Å². The van der Waals surface area contributed by atoms with Crippen LogP contribution in [0.5, 0.6) is 0 Å². The summed E-state index contributed by atoms with van der Waals surface area (Å²) in [5.41, 5.74) is 0. The number of terminal acetylenes is 1. The lowest BCUT2D eigenvalue weighted by molar-refractivity contribution is -0.121. The molecule has 3 nitrogen and oxygen atoms in total. The smallest absolute Gasteiger partial charge is 0.220 e. The van der Waals surface area contributed by atoms with Gasteiger partial charge in [0.2, 0.25) is 5.91 Å². The van der Waals surface area contributed by atoms with Crippen molar-refractivity contribution in [3.63, 3.8) is 0 Å². The lowest BCUT2D eigenvalue weighted by Crippen LogP contribution is -2.25. The SMILES string of the molecule is C#CCCCCNC(=O)CCC1CCCO1. The molecule has 1 aliphatic heterocycles. The Bertz CT molecular complexity index is 239. The standard InChI is InChI=1S/C13H21NO2/c1-2-3-4-5-10-14-13(15)9-8-12-7-6-11-16-12/h1,12H,3-11H2,(H,14,15). The Morgan fingerprint density at radius 1 is 1.50 bits per heavy atom. The van der Waals surface area contributed by atoms with Crippen LogP contribution in [0.15, 0.2) is 0 Å². The molecular formula is C13H21NO2. The van der Waals surface area contributed by atoms with Crippen LogP contribution in [-0.2, 0) is 9.53 Å². The number of carbonyl (C=O) groups is 1. The minimum atomic E-state index is 0.135. The van der Waals surface area contributed by atoms with Gasteiger partial charge in [0.25, 0.3) is 0 Å². The van der Waals surface area contributed by atoms with Crippen molar-refractivity contribution in [1.29, 1.82) is 0 Å². The summed E-state index contributed by atoms with van der Waals surface area (Å²) in [4.78, 5) is 11.4. The minimum Gasteiger partial charge on any atom is -0.378 e. The van der Waals surface area contributed by atoms with E-state index < -0.39 is 0 Å². The van der Waals surface area contributed by atoms with Gasteiger partial charge in [-0.1, -0.05) is 0 Å². The maximum atomic E-state index is 11.4. The minimum absolute atomic E-state index is 0.135. The molecule has 1 unspecified atom stereocenters. The van der Waals surface area contributed by atoms with Crippen molar-refractivity contribution in [2.24, 2.45) is 0 Å². The van der Waals surface area contributed by atoms with E-state index in [0.717, 1.165) is 51.7 Å². The number of unbranched alkanes of at least 4 members (excludes halogenated alkanes) is 2. The van der Waals surface area contributed by atoms with Gasteiger partial charge < -0.3 is 10.1 Å². The summed E-state index contributed by atoms with van der Waals surface area (Å²) in [5.74, 6) is 2.72. The number of rotatable bonds is 7. The Balaban J connectivity index is 1.92. The summed E-state index contributed by atoms with van der Waals surface area (Å²) in [7, 11) is 0. The molecule has 3 heteroatoms. The van der Waals surface area contributed by atoms with Gasteiger partial charge in [-0.3, -0.25) is 4.79 Å². The Hall–Kier alpha value is -1.01. The van der Waals surface area contributed by atoms with Crippen molar-refractivity contribution in [2.75, 3.05) is 13.2 Å². The number of hydrogen-bond donors (Lipinski definition) is 1. The molecule has 1 N–H and O–H groups in total. The van der Waals surface area contributed by atoms with E-state index in [0.29, 0.717) is 12.5 Å². The maximum absolute atomic E-state index is 11.4. The van der Waals surface area contributed by atoms with Crippen LogP contribution >= 0.6 is 0 Å². The molecule has 1 rings (SSSR count). The van der Waals surface area contributed by atoms with Crippen LogP contribution < -0.4 is 5.32 Å². The molecule has 1 fully saturated rings. The number of hydrogen-bond acceptors (Lipinski definition) is 2. The van der Waals surface area contributed by atoms with E-state index in [4.69, 9.17) is 11.2 Å². The zero-order valence-electron chi connectivity index (χ0n) is 9.84. The summed E-state index contributed by atoms with van der Waals surface area (Å²) in [5, 5.41) is 2.90. The quantitative estimate of drug-likeness (QED) is 0.528. The monoisotopic (exact) mass is 223 g/mol.